The van der Waals surface area contributed by atoms with E-state index < -0.39 is 0 Å². The molecule has 0 atom stereocenters. The summed E-state index contributed by atoms with van der Waals surface area (Å²) in [5.41, 5.74) is -0.267. The summed E-state index contributed by atoms with van der Waals surface area (Å²) < 4.78 is 10.6. The van der Waals surface area contributed by atoms with Crippen LogP contribution in [0.1, 0.15) is 82.8 Å². The molecule has 1 aromatic rings. The normalized spacial score (nSPS) is 23.7. The van der Waals surface area contributed by atoms with E-state index in [1.807, 2.05) is 6.92 Å². The molecule has 0 amide bonds. The zero-order chi connectivity index (χ0) is 14.9. The Morgan fingerprint density at radius 3 is 2.00 bits per heavy atom. The van der Waals surface area contributed by atoms with Gasteiger partial charge in [0.05, 0.1) is 6.10 Å². The average molecular weight is 394 g/mol. The second kappa shape index (κ2) is 13.4. The van der Waals surface area contributed by atoms with Crippen molar-refractivity contribution in [3.63, 3.8) is 0 Å². The standard InChI is InChI=1S/C11H16NO3.C6H12.B.Y/c1-2-14-9-5-3-8(4-6-9)10-7-11(13)12-15-10;1-2-4-6-5-3-1;;/h8-9H,2-6H2,1H3,(H,12,13);1-6H2;;/q-1;;;. The maximum Gasteiger partial charge on any atom is 0.102 e. The van der Waals surface area contributed by atoms with Crippen molar-refractivity contribution in [3.05, 3.63) is 22.2 Å². The van der Waals surface area contributed by atoms with Crippen molar-refractivity contribution in [2.45, 2.75) is 83.2 Å². The fourth-order valence-corrected chi connectivity index (χ4v) is 3.24. The summed E-state index contributed by atoms with van der Waals surface area (Å²) in [5, 5.41) is 2.28. The van der Waals surface area contributed by atoms with Crippen molar-refractivity contribution < 1.29 is 42.0 Å². The van der Waals surface area contributed by atoms with Crippen molar-refractivity contribution in [2.24, 2.45) is 0 Å². The molecular formula is C17H28BNO3Y-. The Hall–Kier alpha value is 0.139. The Labute approximate surface area is 166 Å². The first-order chi connectivity index (χ1) is 10.3. The minimum atomic E-state index is -0.267. The molecule has 1 heterocycles. The molecule has 0 bridgehead atoms. The third-order valence-electron chi connectivity index (χ3n) is 4.44. The van der Waals surface area contributed by atoms with Crippen LogP contribution in [0.3, 0.4) is 0 Å². The molecule has 2 saturated carbocycles. The van der Waals surface area contributed by atoms with Gasteiger partial charge in [-0.1, -0.05) is 38.5 Å². The number of rotatable bonds is 3. The molecule has 0 spiro atoms. The van der Waals surface area contributed by atoms with Crippen LogP contribution in [0.2, 0.25) is 0 Å². The van der Waals surface area contributed by atoms with Crippen molar-refractivity contribution in [2.75, 3.05) is 6.61 Å². The van der Waals surface area contributed by atoms with E-state index in [9.17, 15) is 4.79 Å². The van der Waals surface area contributed by atoms with Crippen LogP contribution in [0.25, 0.3) is 0 Å². The van der Waals surface area contributed by atoms with E-state index in [1.54, 1.807) is 0 Å². The largest absolute Gasteiger partial charge is 0.424 e. The third kappa shape index (κ3) is 8.69. The minimum Gasteiger partial charge on any atom is -0.424 e. The SMILES string of the molecule is C1CCCCC1.CCOC1CCC(c2[c-]c(=O)[nH]o2)CC1.[B].[Y]. The van der Waals surface area contributed by atoms with Gasteiger partial charge in [0.25, 0.3) is 0 Å². The molecule has 1 N–H and O–H groups in total. The van der Waals surface area contributed by atoms with Gasteiger partial charge in [0.2, 0.25) is 0 Å². The molecule has 4 radical (unpaired) electrons. The zero-order valence-electron chi connectivity index (χ0n) is 14.3. The molecule has 0 saturated heterocycles. The summed E-state index contributed by atoms with van der Waals surface area (Å²) in [7, 11) is 0. The van der Waals surface area contributed by atoms with Crippen molar-refractivity contribution in [1.29, 1.82) is 0 Å². The topological polar surface area (TPSA) is 55.2 Å². The smallest absolute Gasteiger partial charge is 0.102 e. The van der Waals surface area contributed by atoms with Crippen molar-refractivity contribution >= 4 is 8.41 Å². The number of H-pyrrole nitrogens is 1. The molecule has 1 aromatic heterocycles. The van der Waals surface area contributed by atoms with Gasteiger partial charge in [-0.2, -0.15) is 0 Å². The number of hydrogen-bond acceptors (Lipinski definition) is 3. The number of aromatic nitrogens is 1. The van der Waals surface area contributed by atoms with Crippen LogP contribution >= 0.6 is 0 Å². The minimum absolute atomic E-state index is 0. The summed E-state index contributed by atoms with van der Waals surface area (Å²) in [6.07, 6.45) is 13.5. The van der Waals surface area contributed by atoms with E-state index in [0.717, 1.165) is 32.3 Å². The number of aromatic amines is 1. The molecule has 0 aromatic carbocycles. The average Bonchev–Trinajstić information content (AvgIpc) is 2.97. The third-order valence-corrected chi connectivity index (χ3v) is 4.44. The first kappa shape index (κ1) is 23.1. The molecule has 3 rings (SSSR count). The van der Waals surface area contributed by atoms with E-state index in [2.05, 4.69) is 11.2 Å². The first-order valence-corrected chi connectivity index (χ1v) is 8.52. The second-order valence-corrected chi connectivity index (χ2v) is 6.07. The zero-order valence-corrected chi connectivity index (χ0v) is 17.2. The van der Waals surface area contributed by atoms with Crippen LogP contribution in [0.5, 0.6) is 0 Å². The second-order valence-electron chi connectivity index (χ2n) is 6.07. The van der Waals surface area contributed by atoms with Gasteiger partial charge >= 0.3 is 0 Å². The van der Waals surface area contributed by atoms with Crippen LogP contribution in [0, 0.1) is 6.07 Å². The summed E-state index contributed by atoms with van der Waals surface area (Å²) in [6.45, 7) is 2.80. The fourth-order valence-electron chi connectivity index (χ4n) is 3.24. The molecule has 2 fully saturated rings. The van der Waals surface area contributed by atoms with Crippen LogP contribution in [-0.4, -0.2) is 26.3 Å². The van der Waals surface area contributed by atoms with E-state index in [-0.39, 0.29) is 46.7 Å². The fraction of sp³-hybridized carbons (Fsp3) is 0.824. The quantitative estimate of drug-likeness (QED) is 0.627. The van der Waals surface area contributed by atoms with Gasteiger partial charge in [0.1, 0.15) is 5.56 Å². The van der Waals surface area contributed by atoms with Crippen LogP contribution < -0.4 is 5.56 Å². The van der Waals surface area contributed by atoms with Gasteiger partial charge in [-0.05, 0) is 44.3 Å². The maximum absolute atomic E-state index is 10.9. The molecule has 126 valence electrons. The van der Waals surface area contributed by atoms with Gasteiger partial charge in [0.15, 0.2) is 0 Å². The summed E-state index contributed by atoms with van der Waals surface area (Å²) in [5.74, 6) is 1.01. The van der Waals surface area contributed by atoms with Gasteiger partial charge in [0, 0.05) is 47.7 Å². The van der Waals surface area contributed by atoms with Crippen LogP contribution in [-0.2, 0) is 37.4 Å². The molecule has 0 unspecified atom stereocenters. The van der Waals surface area contributed by atoms with Gasteiger partial charge in [-0.25, -0.2) is 5.16 Å². The van der Waals surface area contributed by atoms with Crippen LogP contribution in [0.4, 0.5) is 0 Å². The van der Waals surface area contributed by atoms with Gasteiger partial charge in [-0.15, -0.1) is 0 Å². The first-order valence-electron chi connectivity index (χ1n) is 8.52. The molecule has 4 nitrogen and oxygen atoms in total. The van der Waals surface area contributed by atoms with Crippen LogP contribution in [0.15, 0.2) is 9.32 Å². The Kier molecular flexibility index (Phi) is 13.5. The van der Waals surface area contributed by atoms with E-state index in [0.29, 0.717) is 17.8 Å². The van der Waals surface area contributed by atoms with Crippen molar-refractivity contribution in [3.8, 4) is 0 Å². The Balaban J connectivity index is 0.000000518. The molecule has 0 aliphatic heterocycles. The van der Waals surface area contributed by atoms with Crippen molar-refractivity contribution in [1.82, 2.24) is 5.16 Å². The molecule has 2 aliphatic carbocycles. The number of nitrogens with one attached hydrogen (secondary N) is 1. The van der Waals surface area contributed by atoms with E-state index >= 15 is 0 Å². The number of ether oxygens (including phenoxy) is 1. The summed E-state index contributed by atoms with van der Waals surface area (Å²) >= 11 is 0. The molecular weight excluding hydrogens is 366 g/mol. The number of hydrogen-bond donors (Lipinski definition) is 1. The predicted molar refractivity (Wildman–Crippen MR) is 88.2 cm³/mol. The Morgan fingerprint density at radius 1 is 1.09 bits per heavy atom. The predicted octanol–water partition coefficient (Wildman–Crippen LogP) is 3.79. The Morgan fingerprint density at radius 2 is 1.61 bits per heavy atom. The summed E-state index contributed by atoms with van der Waals surface area (Å²) in [4.78, 5) is 10.9. The van der Waals surface area contributed by atoms with E-state index in [1.165, 1.54) is 38.5 Å². The van der Waals surface area contributed by atoms with E-state index in [4.69, 9.17) is 9.26 Å². The Bertz CT molecular complexity index is 426. The van der Waals surface area contributed by atoms with Gasteiger partial charge in [-0.3, -0.25) is 0 Å². The monoisotopic (exact) mass is 394 g/mol. The summed E-state index contributed by atoms with van der Waals surface area (Å²) in [6, 6.07) is 2.67. The molecule has 6 heteroatoms. The molecule has 23 heavy (non-hydrogen) atoms. The van der Waals surface area contributed by atoms with Gasteiger partial charge < -0.3 is 20.1 Å². The maximum atomic E-state index is 10.9. The molecule has 2 aliphatic rings.